The standard InChI is InChI=1S/C18H32N4O2/c1-3-19-17(24)22-13-8-18(9-14-22)7-6-10-20(2)15(18)16(23)21-11-4-5-12-21/h15H,3-14H2,1-2H3,(H,19,24). The van der Waals surface area contributed by atoms with Crippen molar-refractivity contribution in [2.75, 3.05) is 46.3 Å². The lowest BCUT2D eigenvalue weighted by Crippen LogP contribution is -2.62. The van der Waals surface area contributed by atoms with Gasteiger partial charge in [0.2, 0.25) is 5.91 Å². The molecule has 1 unspecified atom stereocenters. The summed E-state index contributed by atoms with van der Waals surface area (Å²) in [6.45, 7) is 7.00. The van der Waals surface area contributed by atoms with Gasteiger partial charge in [0.05, 0.1) is 6.04 Å². The maximum Gasteiger partial charge on any atom is 0.317 e. The fourth-order valence-corrected chi connectivity index (χ4v) is 4.92. The highest BCUT2D eigenvalue weighted by Gasteiger charge is 2.50. The van der Waals surface area contributed by atoms with Crippen LogP contribution in [0.15, 0.2) is 0 Å². The number of piperidine rings is 2. The Balaban J connectivity index is 1.72. The first-order chi connectivity index (χ1) is 11.6. The molecule has 0 aromatic rings. The van der Waals surface area contributed by atoms with E-state index in [1.54, 1.807) is 0 Å². The van der Waals surface area contributed by atoms with Gasteiger partial charge in [-0.3, -0.25) is 9.69 Å². The quantitative estimate of drug-likeness (QED) is 0.832. The van der Waals surface area contributed by atoms with Crippen molar-refractivity contribution in [1.29, 1.82) is 0 Å². The molecule has 136 valence electrons. The number of carbonyl (C=O) groups excluding carboxylic acids is 2. The van der Waals surface area contributed by atoms with Crippen molar-refractivity contribution in [2.24, 2.45) is 5.41 Å². The Labute approximate surface area is 145 Å². The molecule has 3 saturated heterocycles. The van der Waals surface area contributed by atoms with Crippen molar-refractivity contribution in [2.45, 2.75) is 51.5 Å². The second-order valence-corrected chi connectivity index (χ2v) is 7.70. The molecule has 1 N–H and O–H groups in total. The Morgan fingerprint density at radius 1 is 0.958 bits per heavy atom. The molecule has 6 nitrogen and oxygen atoms in total. The van der Waals surface area contributed by atoms with E-state index in [0.717, 1.165) is 71.2 Å². The smallest absolute Gasteiger partial charge is 0.317 e. The van der Waals surface area contributed by atoms with E-state index in [1.807, 2.05) is 11.8 Å². The van der Waals surface area contributed by atoms with Gasteiger partial charge in [0.25, 0.3) is 0 Å². The minimum atomic E-state index is 0.000682. The van der Waals surface area contributed by atoms with E-state index < -0.39 is 0 Å². The van der Waals surface area contributed by atoms with Crippen LogP contribution < -0.4 is 5.32 Å². The highest BCUT2D eigenvalue weighted by molar-refractivity contribution is 5.83. The van der Waals surface area contributed by atoms with E-state index >= 15 is 0 Å². The number of urea groups is 1. The van der Waals surface area contributed by atoms with Gasteiger partial charge >= 0.3 is 6.03 Å². The van der Waals surface area contributed by atoms with Crippen molar-refractivity contribution >= 4 is 11.9 Å². The first kappa shape index (κ1) is 17.5. The van der Waals surface area contributed by atoms with Gasteiger partial charge in [0.15, 0.2) is 0 Å². The molecule has 3 fully saturated rings. The summed E-state index contributed by atoms with van der Waals surface area (Å²) in [4.78, 5) is 31.6. The van der Waals surface area contributed by atoms with Crippen LogP contribution in [0.4, 0.5) is 4.79 Å². The number of hydrogen-bond acceptors (Lipinski definition) is 3. The van der Waals surface area contributed by atoms with Crippen molar-refractivity contribution in [3.63, 3.8) is 0 Å². The molecule has 3 aliphatic heterocycles. The predicted molar refractivity (Wildman–Crippen MR) is 93.8 cm³/mol. The summed E-state index contributed by atoms with van der Waals surface area (Å²) < 4.78 is 0. The molecule has 1 spiro atoms. The largest absolute Gasteiger partial charge is 0.341 e. The number of amides is 3. The van der Waals surface area contributed by atoms with Crippen LogP contribution >= 0.6 is 0 Å². The molecular formula is C18H32N4O2. The molecule has 3 amide bonds. The zero-order valence-corrected chi connectivity index (χ0v) is 15.2. The second kappa shape index (κ2) is 7.30. The summed E-state index contributed by atoms with van der Waals surface area (Å²) in [6, 6.07) is 0.0414. The number of rotatable bonds is 2. The average Bonchev–Trinajstić information content (AvgIpc) is 3.10. The molecule has 24 heavy (non-hydrogen) atoms. The first-order valence-electron chi connectivity index (χ1n) is 9.59. The number of nitrogens with zero attached hydrogens (tertiary/aromatic N) is 3. The Morgan fingerprint density at radius 3 is 2.25 bits per heavy atom. The van der Waals surface area contributed by atoms with Crippen LogP contribution in [-0.4, -0.2) is 79.0 Å². The average molecular weight is 336 g/mol. The molecule has 6 heteroatoms. The summed E-state index contributed by atoms with van der Waals surface area (Å²) in [5.74, 6) is 0.334. The minimum absolute atomic E-state index is 0.000682. The molecule has 1 atom stereocenters. The Bertz CT molecular complexity index is 468. The van der Waals surface area contributed by atoms with E-state index in [-0.39, 0.29) is 17.5 Å². The van der Waals surface area contributed by atoms with Gasteiger partial charge in [-0.25, -0.2) is 4.79 Å². The fraction of sp³-hybridized carbons (Fsp3) is 0.889. The van der Waals surface area contributed by atoms with Gasteiger partial charge in [0, 0.05) is 32.7 Å². The highest BCUT2D eigenvalue weighted by Crippen LogP contribution is 2.45. The van der Waals surface area contributed by atoms with Gasteiger partial charge in [-0.2, -0.15) is 0 Å². The third-order valence-corrected chi connectivity index (χ3v) is 6.23. The van der Waals surface area contributed by atoms with Crippen molar-refractivity contribution < 1.29 is 9.59 Å². The first-order valence-corrected chi connectivity index (χ1v) is 9.59. The van der Waals surface area contributed by atoms with Crippen LogP contribution in [-0.2, 0) is 4.79 Å². The summed E-state index contributed by atoms with van der Waals surface area (Å²) in [6.07, 6.45) is 6.43. The molecule has 0 aliphatic carbocycles. The molecule has 0 bridgehead atoms. The molecule has 0 aromatic carbocycles. The molecule has 0 radical (unpaired) electrons. The number of likely N-dealkylation sites (tertiary alicyclic amines) is 3. The molecule has 3 rings (SSSR count). The summed E-state index contributed by atoms with van der Waals surface area (Å²) in [7, 11) is 2.11. The van der Waals surface area contributed by atoms with Crippen LogP contribution in [0, 0.1) is 5.41 Å². The summed E-state index contributed by atoms with van der Waals surface area (Å²) >= 11 is 0. The van der Waals surface area contributed by atoms with Crippen LogP contribution in [0.1, 0.15) is 45.4 Å². The molecule has 3 heterocycles. The van der Waals surface area contributed by atoms with Crippen LogP contribution in [0.2, 0.25) is 0 Å². The zero-order chi connectivity index (χ0) is 17.2. The van der Waals surface area contributed by atoms with Crippen LogP contribution in [0.3, 0.4) is 0 Å². The lowest BCUT2D eigenvalue weighted by Gasteiger charge is -2.52. The third kappa shape index (κ3) is 3.25. The molecule has 3 aliphatic rings. The minimum Gasteiger partial charge on any atom is -0.341 e. The van der Waals surface area contributed by atoms with E-state index in [0.29, 0.717) is 12.5 Å². The predicted octanol–water partition coefficient (Wildman–Crippen LogP) is 1.51. The van der Waals surface area contributed by atoms with Crippen LogP contribution in [0.5, 0.6) is 0 Å². The SMILES string of the molecule is CCNC(=O)N1CCC2(CCCN(C)C2C(=O)N2CCCC2)CC1. The normalized spacial score (nSPS) is 27.5. The topological polar surface area (TPSA) is 55.9 Å². The van der Waals surface area contributed by atoms with Gasteiger partial charge in [0.1, 0.15) is 0 Å². The number of likely N-dealkylation sites (N-methyl/N-ethyl adjacent to an activating group) is 1. The van der Waals surface area contributed by atoms with Crippen molar-refractivity contribution in [1.82, 2.24) is 20.0 Å². The van der Waals surface area contributed by atoms with Crippen molar-refractivity contribution in [3.05, 3.63) is 0 Å². The monoisotopic (exact) mass is 336 g/mol. The lowest BCUT2D eigenvalue weighted by atomic mass is 9.66. The second-order valence-electron chi connectivity index (χ2n) is 7.70. The zero-order valence-electron chi connectivity index (χ0n) is 15.2. The Kier molecular flexibility index (Phi) is 5.33. The van der Waals surface area contributed by atoms with E-state index in [4.69, 9.17) is 0 Å². The Morgan fingerprint density at radius 2 is 1.62 bits per heavy atom. The highest BCUT2D eigenvalue weighted by atomic mass is 16.2. The van der Waals surface area contributed by atoms with Gasteiger partial charge in [-0.05, 0) is 64.5 Å². The van der Waals surface area contributed by atoms with Gasteiger partial charge in [-0.15, -0.1) is 0 Å². The maximum absolute atomic E-state index is 13.2. The lowest BCUT2D eigenvalue weighted by molar-refractivity contribution is -0.145. The summed E-state index contributed by atoms with van der Waals surface area (Å²) in [5.41, 5.74) is 0.0513. The van der Waals surface area contributed by atoms with Crippen molar-refractivity contribution in [3.8, 4) is 0 Å². The van der Waals surface area contributed by atoms with E-state index in [2.05, 4.69) is 22.2 Å². The molecule has 0 aromatic heterocycles. The fourth-order valence-electron chi connectivity index (χ4n) is 4.92. The summed E-state index contributed by atoms with van der Waals surface area (Å²) in [5, 5.41) is 2.90. The van der Waals surface area contributed by atoms with Gasteiger partial charge < -0.3 is 15.1 Å². The number of nitrogens with one attached hydrogen (secondary N) is 1. The van der Waals surface area contributed by atoms with Crippen LogP contribution in [0.25, 0.3) is 0 Å². The number of hydrogen-bond donors (Lipinski definition) is 1. The third-order valence-electron chi connectivity index (χ3n) is 6.23. The molecule has 0 saturated carbocycles. The molecular weight excluding hydrogens is 304 g/mol. The van der Waals surface area contributed by atoms with Gasteiger partial charge in [-0.1, -0.05) is 0 Å². The number of carbonyl (C=O) groups is 2. The van der Waals surface area contributed by atoms with E-state index in [1.165, 1.54) is 0 Å². The Hall–Kier alpha value is -1.30. The van der Waals surface area contributed by atoms with E-state index in [9.17, 15) is 9.59 Å². The maximum atomic E-state index is 13.2.